The lowest BCUT2D eigenvalue weighted by Crippen LogP contribution is -2.44. The van der Waals surface area contributed by atoms with Crippen molar-refractivity contribution in [1.29, 1.82) is 0 Å². The van der Waals surface area contributed by atoms with Crippen LogP contribution in [0.15, 0.2) is 24.3 Å². The number of halogens is 1. The van der Waals surface area contributed by atoms with Crippen LogP contribution in [-0.4, -0.2) is 36.3 Å². The predicted octanol–water partition coefficient (Wildman–Crippen LogP) is 3.65. The molecule has 0 spiro atoms. The van der Waals surface area contributed by atoms with Gasteiger partial charge in [-0.1, -0.05) is 23.7 Å². The van der Waals surface area contributed by atoms with Gasteiger partial charge in [-0.05, 0) is 38.5 Å². The molecular weight excluding hydrogens is 278 g/mol. The summed E-state index contributed by atoms with van der Waals surface area (Å²) in [5, 5.41) is 0.688. The molecule has 1 aliphatic rings. The van der Waals surface area contributed by atoms with E-state index in [2.05, 4.69) is 0 Å². The van der Waals surface area contributed by atoms with Gasteiger partial charge in [-0.15, -0.1) is 0 Å². The van der Waals surface area contributed by atoms with Crippen LogP contribution in [-0.2, 0) is 9.47 Å². The monoisotopic (exact) mass is 297 g/mol. The lowest BCUT2D eigenvalue weighted by molar-refractivity contribution is -0.0432. The number of amides is 1. The van der Waals surface area contributed by atoms with Gasteiger partial charge in [0, 0.05) is 11.6 Å². The number of benzene rings is 1. The van der Waals surface area contributed by atoms with Gasteiger partial charge >= 0.3 is 6.09 Å². The number of nitrogens with zero attached hydrogens (tertiary/aromatic N) is 1. The number of ether oxygens (including phenoxy) is 2. The van der Waals surface area contributed by atoms with Gasteiger partial charge in [-0.25, -0.2) is 4.79 Å². The lowest BCUT2D eigenvalue weighted by atomic mass is 10.1. The van der Waals surface area contributed by atoms with Crippen LogP contribution in [0.2, 0.25) is 5.02 Å². The highest BCUT2D eigenvalue weighted by Crippen LogP contribution is 2.24. The molecule has 1 amide bonds. The number of hydrogen-bond donors (Lipinski definition) is 0. The molecule has 0 bridgehead atoms. The second-order valence-electron chi connectivity index (χ2n) is 5.84. The quantitative estimate of drug-likeness (QED) is 0.794. The Kier molecular flexibility index (Phi) is 4.55. The minimum atomic E-state index is -0.481. The van der Waals surface area contributed by atoms with Gasteiger partial charge in [0.15, 0.2) is 0 Å². The van der Waals surface area contributed by atoms with Crippen LogP contribution in [0.4, 0.5) is 4.79 Å². The van der Waals surface area contributed by atoms with E-state index in [0.29, 0.717) is 24.7 Å². The zero-order valence-corrected chi connectivity index (χ0v) is 12.8. The van der Waals surface area contributed by atoms with Gasteiger partial charge in [0.1, 0.15) is 11.7 Å². The molecule has 110 valence electrons. The summed E-state index contributed by atoms with van der Waals surface area (Å²) in [6.45, 7) is 7.15. The Morgan fingerprint density at radius 2 is 2.00 bits per heavy atom. The van der Waals surface area contributed by atoms with Gasteiger partial charge in [0.25, 0.3) is 0 Å². The summed E-state index contributed by atoms with van der Waals surface area (Å²) in [5.41, 5.74) is 0.535. The van der Waals surface area contributed by atoms with Gasteiger partial charge in [-0.3, -0.25) is 0 Å². The molecule has 2 rings (SSSR count). The van der Waals surface area contributed by atoms with Crippen molar-refractivity contribution in [3.05, 3.63) is 34.9 Å². The average molecular weight is 298 g/mol. The summed E-state index contributed by atoms with van der Waals surface area (Å²) in [6.07, 6.45) is -0.423. The third-order valence-corrected chi connectivity index (χ3v) is 3.21. The van der Waals surface area contributed by atoms with Gasteiger partial charge < -0.3 is 14.4 Å². The largest absolute Gasteiger partial charge is 0.444 e. The Morgan fingerprint density at radius 3 is 2.60 bits per heavy atom. The number of carbonyl (C=O) groups excluding carboxylic acids is 1. The molecule has 0 radical (unpaired) electrons. The third-order valence-electron chi connectivity index (χ3n) is 2.96. The Hall–Kier alpha value is -1.26. The molecule has 0 aromatic heterocycles. The Balaban J connectivity index is 2.01. The van der Waals surface area contributed by atoms with Gasteiger partial charge in [0.05, 0.1) is 13.2 Å². The van der Waals surface area contributed by atoms with E-state index in [1.165, 1.54) is 0 Å². The van der Waals surface area contributed by atoms with Crippen LogP contribution in [0, 0.1) is 0 Å². The fourth-order valence-electron chi connectivity index (χ4n) is 2.02. The first-order valence-electron chi connectivity index (χ1n) is 6.70. The minimum Gasteiger partial charge on any atom is -0.444 e. The van der Waals surface area contributed by atoms with Crippen LogP contribution in [0.3, 0.4) is 0 Å². The van der Waals surface area contributed by atoms with E-state index in [4.69, 9.17) is 21.1 Å². The molecule has 1 atom stereocenters. The maximum atomic E-state index is 12.1. The van der Waals surface area contributed by atoms with Crippen LogP contribution < -0.4 is 0 Å². The minimum absolute atomic E-state index is 0.131. The third kappa shape index (κ3) is 4.12. The molecule has 0 saturated carbocycles. The molecule has 1 heterocycles. The summed E-state index contributed by atoms with van der Waals surface area (Å²) < 4.78 is 11.1. The van der Waals surface area contributed by atoms with Crippen LogP contribution in [0.5, 0.6) is 0 Å². The molecule has 0 N–H and O–H groups in total. The van der Waals surface area contributed by atoms with E-state index >= 15 is 0 Å². The average Bonchev–Trinajstić information content (AvgIpc) is 2.38. The summed E-state index contributed by atoms with van der Waals surface area (Å²) in [6, 6.07) is 7.50. The molecule has 1 aliphatic heterocycles. The predicted molar refractivity (Wildman–Crippen MR) is 78.0 cm³/mol. The fourth-order valence-corrected chi connectivity index (χ4v) is 2.15. The van der Waals surface area contributed by atoms with E-state index in [-0.39, 0.29) is 12.2 Å². The molecule has 1 unspecified atom stereocenters. The summed E-state index contributed by atoms with van der Waals surface area (Å²) in [4.78, 5) is 13.8. The van der Waals surface area contributed by atoms with Crippen molar-refractivity contribution in [2.45, 2.75) is 32.5 Å². The smallest absolute Gasteiger partial charge is 0.410 e. The van der Waals surface area contributed by atoms with Crippen molar-refractivity contribution in [3.63, 3.8) is 0 Å². The van der Waals surface area contributed by atoms with Crippen molar-refractivity contribution >= 4 is 17.7 Å². The molecule has 1 aromatic carbocycles. The molecule has 1 saturated heterocycles. The highest BCUT2D eigenvalue weighted by molar-refractivity contribution is 6.30. The SMILES string of the molecule is CC(C)(C)OC(=O)N1CCOC(c2ccc(Cl)cc2)C1. The lowest BCUT2D eigenvalue weighted by Gasteiger charge is -2.34. The number of hydrogen-bond acceptors (Lipinski definition) is 3. The normalized spacial score (nSPS) is 19.8. The van der Waals surface area contributed by atoms with Crippen LogP contribution in [0.1, 0.15) is 32.4 Å². The first-order valence-corrected chi connectivity index (χ1v) is 7.08. The van der Waals surface area contributed by atoms with E-state index in [1.54, 1.807) is 4.90 Å². The maximum absolute atomic E-state index is 12.1. The molecule has 5 heteroatoms. The van der Waals surface area contributed by atoms with Crippen molar-refractivity contribution in [1.82, 2.24) is 4.90 Å². The fraction of sp³-hybridized carbons (Fsp3) is 0.533. The van der Waals surface area contributed by atoms with Crippen molar-refractivity contribution in [2.24, 2.45) is 0 Å². The van der Waals surface area contributed by atoms with Crippen molar-refractivity contribution in [3.8, 4) is 0 Å². The van der Waals surface area contributed by atoms with Crippen molar-refractivity contribution in [2.75, 3.05) is 19.7 Å². The number of carbonyl (C=O) groups is 1. The maximum Gasteiger partial charge on any atom is 0.410 e. The van der Waals surface area contributed by atoms with E-state index in [9.17, 15) is 4.79 Å². The summed E-state index contributed by atoms with van der Waals surface area (Å²) >= 11 is 5.88. The molecule has 4 nitrogen and oxygen atoms in total. The molecular formula is C15H20ClNO3. The number of rotatable bonds is 1. The molecule has 20 heavy (non-hydrogen) atoms. The second-order valence-corrected chi connectivity index (χ2v) is 6.27. The molecule has 1 aromatic rings. The zero-order chi connectivity index (χ0) is 14.8. The molecule has 0 aliphatic carbocycles. The first kappa shape index (κ1) is 15.1. The van der Waals surface area contributed by atoms with Crippen LogP contribution in [0.25, 0.3) is 0 Å². The van der Waals surface area contributed by atoms with Gasteiger partial charge in [0.2, 0.25) is 0 Å². The summed E-state index contributed by atoms with van der Waals surface area (Å²) in [5.74, 6) is 0. The van der Waals surface area contributed by atoms with E-state index in [0.717, 1.165) is 5.56 Å². The van der Waals surface area contributed by atoms with E-state index in [1.807, 2.05) is 45.0 Å². The Morgan fingerprint density at radius 1 is 1.35 bits per heavy atom. The highest BCUT2D eigenvalue weighted by Gasteiger charge is 2.28. The standard InChI is InChI=1S/C15H20ClNO3/c1-15(2,3)20-14(18)17-8-9-19-13(10-17)11-4-6-12(16)7-5-11/h4-7,13H,8-10H2,1-3H3. The topological polar surface area (TPSA) is 38.8 Å². The second kappa shape index (κ2) is 6.02. The van der Waals surface area contributed by atoms with Crippen LogP contribution >= 0.6 is 11.6 Å². The highest BCUT2D eigenvalue weighted by atomic mass is 35.5. The van der Waals surface area contributed by atoms with Crippen molar-refractivity contribution < 1.29 is 14.3 Å². The van der Waals surface area contributed by atoms with E-state index < -0.39 is 5.60 Å². The Labute approximate surface area is 124 Å². The number of morpholine rings is 1. The summed E-state index contributed by atoms with van der Waals surface area (Å²) in [7, 11) is 0. The first-order chi connectivity index (χ1) is 9.35. The molecule has 1 fully saturated rings. The van der Waals surface area contributed by atoms with Gasteiger partial charge in [-0.2, -0.15) is 0 Å². The zero-order valence-electron chi connectivity index (χ0n) is 12.1. The Bertz CT molecular complexity index is 467.